The molecular formula is C32H55NO3. The molecule has 0 amide bonds. The fourth-order valence-electron chi connectivity index (χ4n) is 9.27. The molecule has 0 heterocycles. The predicted molar refractivity (Wildman–Crippen MR) is 147 cm³/mol. The lowest BCUT2D eigenvalue weighted by molar-refractivity contribution is -0.154. The number of hydrogen-bond donors (Lipinski definition) is 2. The van der Waals surface area contributed by atoms with E-state index in [-0.39, 0.29) is 24.1 Å². The molecule has 0 aromatic heterocycles. The minimum Gasteiger partial charge on any atom is -0.461 e. The summed E-state index contributed by atoms with van der Waals surface area (Å²) in [5, 5.41) is 10.3. The first-order valence-corrected chi connectivity index (χ1v) is 15.2. The summed E-state index contributed by atoms with van der Waals surface area (Å²) in [5.74, 6) is 4.01. The average Bonchev–Trinajstić information content (AvgIpc) is 3.18. The van der Waals surface area contributed by atoms with Gasteiger partial charge in [0.1, 0.15) is 12.1 Å². The van der Waals surface area contributed by atoms with E-state index in [1.54, 1.807) is 5.57 Å². The number of ether oxygens (including phenoxy) is 1. The third-order valence-corrected chi connectivity index (χ3v) is 11.7. The molecule has 0 aromatic carbocycles. The van der Waals surface area contributed by atoms with Gasteiger partial charge in [-0.25, -0.2) is 0 Å². The van der Waals surface area contributed by atoms with Gasteiger partial charge in [-0.1, -0.05) is 60.1 Å². The fraction of sp³-hybridized carbons (Fsp3) is 0.906. The molecule has 10 atom stereocenters. The van der Waals surface area contributed by atoms with E-state index in [0.717, 1.165) is 49.4 Å². The van der Waals surface area contributed by atoms with Gasteiger partial charge in [0.25, 0.3) is 0 Å². The number of aliphatic hydroxyl groups excluding tert-OH is 1. The highest BCUT2D eigenvalue weighted by Crippen LogP contribution is 2.67. The third-order valence-electron chi connectivity index (χ3n) is 11.7. The first-order valence-electron chi connectivity index (χ1n) is 15.2. The van der Waals surface area contributed by atoms with Crippen molar-refractivity contribution in [3.8, 4) is 0 Å². The quantitative estimate of drug-likeness (QED) is 0.280. The summed E-state index contributed by atoms with van der Waals surface area (Å²) < 4.78 is 5.93. The van der Waals surface area contributed by atoms with Crippen molar-refractivity contribution in [3.63, 3.8) is 0 Å². The molecule has 0 radical (unpaired) electrons. The second kappa shape index (κ2) is 10.7. The van der Waals surface area contributed by atoms with Crippen LogP contribution in [-0.2, 0) is 9.53 Å². The van der Waals surface area contributed by atoms with Gasteiger partial charge < -0.3 is 15.6 Å². The maximum Gasteiger partial charge on any atom is 0.323 e. The number of carbonyl (C=O) groups excluding carboxylic acids is 1. The Bertz CT molecular complexity index is 820. The molecule has 3 N–H and O–H groups in total. The molecule has 4 nitrogen and oxygen atoms in total. The van der Waals surface area contributed by atoms with Crippen molar-refractivity contribution in [2.75, 3.05) is 0 Å². The molecule has 0 aromatic rings. The van der Waals surface area contributed by atoms with Gasteiger partial charge in [-0.2, -0.15) is 0 Å². The summed E-state index contributed by atoms with van der Waals surface area (Å²) in [7, 11) is 0. The number of rotatable bonds is 8. The molecule has 0 bridgehead atoms. The first kappa shape index (κ1) is 28.1. The van der Waals surface area contributed by atoms with Gasteiger partial charge in [0.05, 0.1) is 6.10 Å². The van der Waals surface area contributed by atoms with E-state index < -0.39 is 6.04 Å². The average molecular weight is 502 g/mol. The standard InChI is InChI=1S/C32H55NO3/c1-19(2)28(36-30(35)29(33)20(3)4)13-8-21(5)25-11-12-26-24-10-9-22-18-23(34)14-16-31(22,6)27(24)15-17-32(25,26)7/h9,19-21,23-29,34H,8,10-18,33H2,1-7H3/t21-,23+,24+,25-,26+,27+,28+,29?,31+,32-/m1/s1. The molecule has 206 valence electrons. The van der Waals surface area contributed by atoms with Gasteiger partial charge in [0.15, 0.2) is 0 Å². The summed E-state index contributed by atoms with van der Waals surface area (Å²) in [4.78, 5) is 12.6. The maximum atomic E-state index is 12.6. The molecule has 4 rings (SSSR count). The van der Waals surface area contributed by atoms with Crippen LogP contribution in [0.25, 0.3) is 0 Å². The Balaban J connectivity index is 1.41. The molecule has 36 heavy (non-hydrogen) atoms. The Morgan fingerprint density at radius 3 is 2.42 bits per heavy atom. The monoisotopic (exact) mass is 501 g/mol. The van der Waals surface area contributed by atoms with Gasteiger partial charge in [-0.3, -0.25) is 4.79 Å². The number of carbonyl (C=O) groups is 1. The van der Waals surface area contributed by atoms with Crippen LogP contribution in [0.4, 0.5) is 0 Å². The second-order valence-electron chi connectivity index (χ2n) is 14.4. The first-order chi connectivity index (χ1) is 16.9. The Morgan fingerprint density at radius 1 is 1.03 bits per heavy atom. The van der Waals surface area contributed by atoms with Crippen molar-refractivity contribution in [2.45, 2.75) is 131 Å². The van der Waals surface area contributed by atoms with Crippen LogP contribution in [0.15, 0.2) is 11.6 Å². The van der Waals surface area contributed by atoms with Crippen LogP contribution in [0.5, 0.6) is 0 Å². The summed E-state index contributed by atoms with van der Waals surface area (Å²) in [6.45, 7) is 15.9. The van der Waals surface area contributed by atoms with Crippen LogP contribution in [0, 0.1) is 52.3 Å². The lowest BCUT2D eigenvalue weighted by Gasteiger charge is -2.58. The summed E-state index contributed by atoms with van der Waals surface area (Å²) in [5.41, 5.74) is 8.39. The minimum absolute atomic E-state index is 0.0472. The molecule has 3 saturated carbocycles. The van der Waals surface area contributed by atoms with Crippen molar-refractivity contribution in [3.05, 3.63) is 11.6 Å². The smallest absolute Gasteiger partial charge is 0.323 e. The number of nitrogens with two attached hydrogens (primary N) is 1. The van der Waals surface area contributed by atoms with E-state index in [0.29, 0.717) is 22.7 Å². The maximum absolute atomic E-state index is 12.6. The summed E-state index contributed by atoms with van der Waals surface area (Å²) in [6, 6.07) is -0.535. The lowest BCUT2D eigenvalue weighted by Crippen LogP contribution is -2.50. The van der Waals surface area contributed by atoms with Crippen LogP contribution < -0.4 is 5.73 Å². The predicted octanol–water partition coefficient (Wildman–Crippen LogP) is 6.89. The molecule has 0 saturated heterocycles. The largest absolute Gasteiger partial charge is 0.461 e. The third kappa shape index (κ3) is 5.07. The Hall–Kier alpha value is -0.870. The fourth-order valence-corrected chi connectivity index (χ4v) is 9.27. The highest BCUT2D eigenvalue weighted by atomic mass is 16.5. The normalized spacial score (nSPS) is 40.6. The van der Waals surface area contributed by atoms with E-state index in [9.17, 15) is 9.90 Å². The van der Waals surface area contributed by atoms with Crippen molar-refractivity contribution in [2.24, 2.45) is 58.0 Å². The van der Waals surface area contributed by atoms with Gasteiger partial charge in [-0.05, 0) is 116 Å². The van der Waals surface area contributed by atoms with Crippen LogP contribution in [-0.4, -0.2) is 29.3 Å². The van der Waals surface area contributed by atoms with Crippen molar-refractivity contribution < 1.29 is 14.6 Å². The zero-order valence-electron chi connectivity index (χ0n) is 24.3. The number of aliphatic hydroxyl groups is 1. The van der Waals surface area contributed by atoms with E-state index in [1.807, 2.05) is 13.8 Å². The summed E-state index contributed by atoms with van der Waals surface area (Å²) >= 11 is 0. The van der Waals surface area contributed by atoms with Gasteiger partial charge in [-0.15, -0.1) is 0 Å². The van der Waals surface area contributed by atoms with Crippen molar-refractivity contribution in [1.29, 1.82) is 0 Å². The topological polar surface area (TPSA) is 72.6 Å². The molecule has 1 unspecified atom stereocenters. The van der Waals surface area contributed by atoms with Crippen LogP contribution >= 0.6 is 0 Å². The van der Waals surface area contributed by atoms with Crippen molar-refractivity contribution in [1.82, 2.24) is 0 Å². The van der Waals surface area contributed by atoms with Gasteiger partial charge >= 0.3 is 5.97 Å². The van der Waals surface area contributed by atoms with Gasteiger partial charge in [0, 0.05) is 0 Å². The Kier molecular flexibility index (Phi) is 8.38. The Morgan fingerprint density at radius 2 is 1.75 bits per heavy atom. The van der Waals surface area contributed by atoms with E-state index >= 15 is 0 Å². The van der Waals surface area contributed by atoms with Crippen LogP contribution in [0.2, 0.25) is 0 Å². The SMILES string of the molecule is CC(C)C(N)C(=O)O[C@@H](CC[C@@H](C)[C@H]1CC[C@H]2[C@@H]3CC=C4C[C@@H](O)CC[C@]4(C)[C@H]3CC[C@]12C)C(C)C. The number of hydrogen-bond acceptors (Lipinski definition) is 4. The van der Waals surface area contributed by atoms with Crippen LogP contribution in [0.1, 0.15) is 113 Å². The van der Waals surface area contributed by atoms with Crippen LogP contribution in [0.3, 0.4) is 0 Å². The lowest BCUT2D eigenvalue weighted by atomic mass is 9.47. The van der Waals surface area contributed by atoms with Crippen molar-refractivity contribution >= 4 is 5.97 Å². The van der Waals surface area contributed by atoms with Gasteiger partial charge in [0.2, 0.25) is 0 Å². The molecule has 0 aliphatic heterocycles. The number of esters is 1. The van der Waals surface area contributed by atoms with E-state index in [4.69, 9.17) is 10.5 Å². The molecular weight excluding hydrogens is 446 g/mol. The zero-order valence-corrected chi connectivity index (χ0v) is 24.3. The zero-order chi connectivity index (χ0) is 26.4. The summed E-state index contributed by atoms with van der Waals surface area (Å²) in [6.07, 6.45) is 14.1. The molecule has 4 aliphatic rings. The number of allylic oxidation sites excluding steroid dienone is 1. The molecule has 4 heteroatoms. The molecule has 4 aliphatic carbocycles. The van der Waals surface area contributed by atoms with E-state index in [2.05, 4.69) is 40.7 Å². The highest BCUT2D eigenvalue weighted by Gasteiger charge is 2.59. The minimum atomic E-state index is -0.535. The second-order valence-corrected chi connectivity index (χ2v) is 14.4. The number of fused-ring (bicyclic) bond motifs is 5. The molecule has 0 spiro atoms. The highest BCUT2D eigenvalue weighted by molar-refractivity contribution is 5.75. The van der Waals surface area contributed by atoms with E-state index in [1.165, 1.54) is 38.5 Å². The Labute approximate surface area is 221 Å². The molecule has 3 fully saturated rings.